The molecule has 3 rings (SSSR count). The first-order valence-corrected chi connectivity index (χ1v) is 12.3. The van der Waals surface area contributed by atoms with Crippen molar-refractivity contribution in [3.63, 3.8) is 0 Å². The quantitative estimate of drug-likeness (QED) is 0.0750. The number of aromatic nitrogens is 2. The van der Waals surface area contributed by atoms with Crippen molar-refractivity contribution in [2.24, 2.45) is 5.16 Å². The molecule has 1 aliphatic heterocycles. The molecular weight excluding hydrogens is 540 g/mol. The minimum atomic E-state index is -5.00. The van der Waals surface area contributed by atoms with Crippen molar-refractivity contribution in [2.45, 2.75) is 31.5 Å². The van der Waals surface area contributed by atoms with Crippen molar-refractivity contribution in [2.75, 3.05) is 19.5 Å². The lowest BCUT2D eigenvalue weighted by Crippen LogP contribution is -2.76. The third kappa shape index (κ3) is 5.97. The summed E-state index contributed by atoms with van der Waals surface area (Å²) in [7, 11) is -3.71. The first-order chi connectivity index (χ1) is 17.2. The van der Waals surface area contributed by atoms with Gasteiger partial charge in [0.05, 0.1) is 18.3 Å². The van der Waals surface area contributed by atoms with Crippen LogP contribution in [0.1, 0.15) is 31.3 Å². The number of β-lactam (4-membered cyclic amide) rings is 1. The monoisotopic (exact) mass is 562 g/mol. The summed E-state index contributed by atoms with van der Waals surface area (Å²) in [5, 5.41) is 27.5. The largest absolute Gasteiger partial charge is 0.503 e. The summed E-state index contributed by atoms with van der Waals surface area (Å²) in [5.74, 6) is -2.71. The van der Waals surface area contributed by atoms with Gasteiger partial charge >= 0.3 is 10.4 Å². The van der Waals surface area contributed by atoms with Gasteiger partial charge < -0.3 is 30.9 Å². The Balaban J connectivity index is 1.90. The zero-order chi connectivity index (χ0) is 27.7. The second kappa shape index (κ2) is 10.3. The van der Waals surface area contributed by atoms with Crippen molar-refractivity contribution in [1.82, 2.24) is 20.1 Å². The predicted molar refractivity (Wildman–Crippen MR) is 124 cm³/mol. The summed E-state index contributed by atoms with van der Waals surface area (Å²) in [5.41, 5.74) is 2.70. The lowest BCUT2D eigenvalue weighted by molar-refractivity contribution is -0.218. The van der Waals surface area contributed by atoms with Gasteiger partial charge in [-0.15, -0.1) is 15.6 Å². The number of hydrogen-bond acceptors (Lipinski definition) is 14. The molecule has 0 radical (unpaired) electrons. The summed E-state index contributed by atoms with van der Waals surface area (Å²) < 4.78 is 40.6. The zero-order valence-corrected chi connectivity index (χ0v) is 21.0. The Labute approximate surface area is 212 Å². The number of rotatable bonds is 10. The van der Waals surface area contributed by atoms with Crippen LogP contribution in [0, 0.1) is 0 Å². The number of nitrogen functional groups attached to an aromatic ring is 1. The van der Waals surface area contributed by atoms with Crippen molar-refractivity contribution < 1.29 is 46.7 Å². The lowest BCUT2D eigenvalue weighted by atomic mass is 9.84. The number of carbonyl (C=O) groups excluding carboxylic acids is 2. The molecule has 1 unspecified atom stereocenters. The Bertz CT molecular complexity index is 1400. The zero-order valence-electron chi connectivity index (χ0n) is 19.4. The van der Waals surface area contributed by atoms with E-state index in [0.717, 1.165) is 23.6 Å². The van der Waals surface area contributed by atoms with Gasteiger partial charge in [0.15, 0.2) is 22.7 Å². The maximum Gasteiger partial charge on any atom is 0.418 e. The highest BCUT2D eigenvalue weighted by Crippen LogP contribution is 2.33. The molecule has 2 atom stereocenters. The summed E-state index contributed by atoms with van der Waals surface area (Å²) in [4.78, 5) is 46.7. The number of oxime groups is 1. The number of carbonyl (C=O) groups is 2. The highest BCUT2D eigenvalue weighted by Gasteiger charge is 2.58. The Kier molecular flexibility index (Phi) is 7.74. The second-order valence-corrected chi connectivity index (χ2v) is 9.94. The molecule has 2 aromatic rings. The standard InChI is InChI=1S/C18H22N6O11S2/c1-18(2)14(16(28)24(18)35-37(30,31)32)21-15(27)13(8-7-36-17(19)20-8)22-34-12(6-33-3)9-4-10(25)11(26)5-23(9)29/h4-5,7,12,14,26,29H,6H2,1-3H3,(H2,19,20)(H,21,27)(H,30,31,32)/b22-13-/t12?,14-/m1/s1. The molecule has 0 spiro atoms. The van der Waals surface area contributed by atoms with Crippen LogP contribution in [0.25, 0.3) is 0 Å². The number of nitrogens with two attached hydrogens (primary N) is 1. The first-order valence-electron chi connectivity index (χ1n) is 10.1. The molecule has 1 saturated heterocycles. The van der Waals surface area contributed by atoms with Crippen LogP contribution in [0.15, 0.2) is 27.6 Å². The average molecular weight is 563 g/mol. The maximum atomic E-state index is 13.1. The molecule has 1 aliphatic rings. The smallest absolute Gasteiger partial charge is 0.418 e. The fourth-order valence-corrected chi connectivity index (χ4v) is 4.23. The first kappa shape index (κ1) is 27.8. The summed E-state index contributed by atoms with van der Waals surface area (Å²) >= 11 is 0.965. The van der Waals surface area contributed by atoms with Crippen LogP contribution in [-0.4, -0.2) is 80.9 Å². The van der Waals surface area contributed by atoms with Crippen molar-refractivity contribution >= 4 is 44.4 Å². The highest BCUT2D eigenvalue weighted by atomic mass is 32.3. The van der Waals surface area contributed by atoms with E-state index in [4.69, 9.17) is 19.9 Å². The van der Waals surface area contributed by atoms with Crippen molar-refractivity contribution in [3.05, 3.63) is 39.3 Å². The molecule has 17 nitrogen and oxygen atoms in total. The van der Waals surface area contributed by atoms with Gasteiger partial charge in [-0.3, -0.25) is 18.9 Å². The van der Waals surface area contributed by atoms with Crippen LogP contribution >= 0.6 is 11.3 Å². The topological polar surface area (TPSA) is 245 Å². The number of hydrogen-bond donors (Lipinski definition) is 5. The Morgan fingerprint density at radius 1 is 1.41 bits per heavy atom. The molecule has 2 amide bonds. The van der Waals surface area contributed by atoms with E-state index in [1.165, 1.54) is 26.3 Å². The fraction of sp³-hybridized carbons (Fsp3) is 0.389. The number of pyridine rings is 1. The van der Waals surface area contributed by atoms with E-state index in [1.54, 1.807) is 0 Å². The molecule has 0 bridgehead atoms. The number of ether oxygens (including phenoxy) is 1. The van der Waals surface area contributed by atoms with Crippen LogP contribution in [0.3, 0.4) is 0 Å². The molecule has 0 aliphatic carbocycles. The Hall–Kier alpha value is -3.78. The van der Waals surface area contributed by atoms with Crippen LogP contribution in [0.2, 0.25) is 0 Å². The fourth-order valence-electron chi connectivity index (χ4n) is 3.23. The normalized spacial score (nSPS) is 18.3. The lowest BCUT2D eigenvalue weighted by Gasteiger charge is -2.50. The van der Waals surface area contributed by atoms with Gasteiger partial charge in [-0.05, 0) is 13.8 Å². The Morgan fingerprint density at radius 2 is 2.08 bits per heavy atom. The number of aromatic hydroxyl groups is 1. The van der Waals surface area contributed by atoms with Gasteiger partial charge in [-0.25, -0.2) is 4.98 Å². The molecule has 0 saturated carbocycles. The van der Waals surface area contributed by atoms with Crippen LogP contribution < -0.4 is 16.5 Å². The second-order valence-electron chi connectivity index (χ2n) is 8.05. The number of thiazole rings is 1. The number of amides is 2. The van der Waals surface area contributed by atoms with Gasteiger partial charge in [0.25, 0.3) is 11.8 Å². The van der Waals surface area contributed by atoms with Gasteiger partial charge in [0.2, 0.25) is 5.43 Å². The summed E-state index contributed by atoms with van der Waals surface area (Å²) in [6, 6.07) is -0.438. The molecule has 37 heavy (non-hydrogen) atoms. The summed E-state index contributed by atoms with van der Waals surface area (Å²) in [6.45, 7) is 2.45. The van der Waals surface area contributed by atoms with Crippen molar-refractivity contribution in [3.8, 4) is 5.75 Å². The van der Waals surface area contributed by atoms with Gasteiger partial charge in [-0.2, -0.15) is 18.2 Å². The number of methoxy groups -OCH3 is 1. The molecule has 202 valence electrons. The molecule has 3 heterocycles. The van der Waals surface area contributed by atoms with E-state index >= 15 is 0 Å². The predicted octanol–water partition coefficient (Wildman–Crippen LogP) is -1.22. The Morgan fingerprint density at radius 3 is 2.62 bits per heavy atom. The van der Waals surface area contributed by atoms with E-state index in [-0.39, 0.29) is 23.1 Å². The SMILES string of the molecule is COCC(O/N=C(\C(=O)N[C@@H]1C(=O)N(OS(=O)(=O)O)C1(C)C)c1csc(N)n1)c1cc(=O)c(O)cn1O. The third-order valence-electron chi connectivity index (χ3n) is 5.06. The molecule has 1 fully saturated rings. The van der Waals surface area contributed by atoms with E-state index < -0.39 is 56.8 Å². The molecule has 6 N–H and O–H groups in total. The third-order valence-corrected chi connectivity index (χ3v) is 6.07. The number of nitrogens with zero attached hydrogens (tertiary/aromatic N) is 4. The van der Waals surface area contributed by atoms with Crippen LogP contribution in [-0.2, 0) is 33.8 Å². The molecule has 0 aromatic carbocycles. The van der Waals surface area contributed by atoms with Gasteiger partial charge in [0.1, 0.15) is 17.4 Å². The molecule has 19 heteroatoms. The number of hydroxylamine groups is 2. The number of nitrogens with one attached hydrogen (secondary N) is 1. The van der Waals surface area contributed by atoms with Gasteiger partial charge in [-0.1, -0.05) is 5.16 Å². The number of anilines is 1. The molecule has 2 aromatic heterocycles. The van der Waals surface area contributed by atoms with E-state index in [1.807, 2.05) is 0 Å². The van der Waals surface area contributed by atoms with Crippen LogP contribution in [0.5, 0.6) is 5.75 Å². The van der Waals surface area contributed by atoms with Crippen molar-refractivity contribution in [1.29, 1.82) is 0 Å². The maximum absolute atomic E-state index is 13.1. The average Bonchev–Trinajstić information content (AvgIpc) is 3.22. The minimum absolute atomic E-state index is 0.0566. The minimum Gasteiger partial charge on any atom is -0.503 e. The van der Waals surface area contributed by atoms with Gasteiger partial charge in [0, 0.05) is 18.6 Å². The van der Waals surface area contributed by atoms with E-state index in [9.17, 15) is 33.1 Å². The van der Waals surface area contributed by atoms with Crippen LogP contribution in [0.4, 0.5) is 5.13 Å². The summed E-state index contributed by atoms with van der Waals surface area (Å²) in [6.07, 6.45) is -0.533. The van der Waals surface area contributed by atoms with E-state index in [2.05, 4.69) is 19.7 Å². The molecular formula is C18H22N6O11S2. The van der Waals surface area contributed by atoms with E-state index in [0.29, 0.717) is 9.79 Å². The highest BCUT2D eigenvalue weighted by molar-refractivity contribution is 7.80.